The number of hydrogen-bond acceptors (Lipinski definition) is 5. The van der Waals surface area contributed by atoms with Gasteiger partial charge >= 0.3 is 6.03 Å². The van der Waals surface area contributed by atoms with Gasteiger partial charge in [0, 0.05) is 12.6 Å². The molecule has 4 N–H and O–H groups in total. The fourth-order valence-corrected chi connectivity index (χ4v) is 5.82. The Bertz CT molecular complexity index is 1080. The molecular formula is C18H18Cl3N3O5S. The number of sulfonamides is 1. The lowest BCUT2D eigenvalue weighted by Gasteiger charge is -2.24. The number of nitrogens with zero attached hydrogens (tertiary/aromatic N) is 1. The normalized spacial score (nSPS) is 17.1. The van der Waals surface area contributed by atoms with Crippen LogP contribution in [0.1, 0.15) is 12.8 Å². The smallest absolute Gasteiger partial charge is 0.323 e. The molecule has 1 unspecified atom stereocenters. The number of benzene rings is 2. The van der Waals surface area contributed by atoms with Crippen LogP contribution in [0.2, 0.25) is 15.1 Å². The minimum atomic E-state index is -4.21. The molecule has 0 saturated carbocycles. The summed E-state index contributed by atoms with van der Waals surface area (Å²) >= 11 is 18.0. The van der Waals surface area contributed by atoms with Crippen LogP contribution in [0.3, 0.4) is 0 Å². The van der Waals surface area contributed by atoms with Crippen LogP contribution in [-0.4, -0.2) is 48.2 Å². The molecule has 2 aromatic carbocycles. The van der Waals surface area contributed by atoms with Gasteiger partial charge in [0.05, 0.1) is 33.0 Å². The highest BCUT2D eigenvalue weighted by Gasteiger charge is 2.38. The van der Waals surface area contributed by atoms with Crippen molar-refractivity contribution in [3.05, 3.63) is 45.4 Å². The predicted molar refractivity (Wildman–Crippen MR) is 116 cm³/mol. The number of phenols is 1. The van der Waals surface area contributed by atoms with Crippen LogP contribution in [0.15, 0.2) is 35.2 Å². The zero-order valence-electron chi connectivity index (χ0n) is 15.4. The lowest BCUT2D eigenvalue weighted by Crippen LogP contribution is -2.37. The number of carbonyl (C=O) groups is 1. The molecule has 0 aliphatic carbocycles. The first-order valence-corrected chi connectivity index (χ1v) is 11.4. The summed E-state index contributed by atoms with van der Waals surface area (Å²) in [4.78, 5) is 11.8. The van der Waals surface area contributed by atoms with Crippen LogP contribution in [0, 0.1) is 0 Å². The van der Waals surface area contributed by atoms with Gasteiger partial charge in [0.1, 0.15) is 4.90 Å². The number of halogens is 3. The summed E-state index contributed by atoms with van der Waals surface area (Å²) in [6.45, 7) is -0.160. The Morgan fingerprint density at radius 2 is 1.80 bits per heavy atom. The molecule has 30 heavy (non-hydrogen) atoms. The number of aliphatic hydroxyl groups is 1. The fourth-order valence-electron chi connectivity index (χ4n) is 3.19. The minimum absolute atomic E-state index is 0.127. The molecule has 2 amide bonds. The third-order valence-corrected chi connectivity index (χ3v) is 7.91. The third kappa shape index (κ3) is 4.46. The summed E-state index contributed by atoms with van der Waals surface area (Å²) < 4.78 is 27.2. The van der Waals surface area contributed by atoms with E-state index >= 15 is 0 Å². The first kappa shape index (κ1) is 22.9. The fraction of sp³-hybridized carbons (Fsp3) is 0.278. The Labute approximate surface area is 188 Å². The summed E-state index contributed by atoms with van der Waals surface area (Å²) in [5, 5.41) is 25.0. The summed E-state index contributed by atoms with van der Waals surface area (Å²) in [7, 11) is -4.21. The number of amides is 2. The molecule has 1 aliphatic heterocycles. The van der Waals surface area contributed by atoms with E-state index in [1.807, 2.05) is 0 Å². The second-order valence-electron chi connectivity index (χ2n) is 6.55. The lowest BCUT2D eigenvalue weighted by molar-refractivity contribution is 0.213. The summed E-state index contributed by atoms with van der Waals surface area (Å²) in [5.74, 6) is -0.710. The topological polar surface area (TPSA) is 119 Å². The molecule has 0 spiro atoms. The monoisotopic (exact) mass is 493 g/mol. The van der Waals surface area contributed by atoms with Crippen LogP contribution in [0.5, 0.6) is 5.75 Å². The van der Waals surface area contributed by atoms with Gasteiger partial charge in [0.2, 0.25) is 10.0 Å². The minimum Gasteiger partial charge on any atom is -0.504 e. The van der Waals surface area contributed by atoms with Gasteiger partial charge in [-0.25, -0.2) is 13.2 Å². The van der Waals surface area contributed by atoms with E-state index in [1.54, 1.807) is 12.1 Å². The second-order valence-corrected chi connectivity index (χ2v) is 9.57. The maximum Gasteiger partial charge on any atom is 0.323 e. The molecule has 162 valence electrons. The number of urea groups is 1. The van der Waals surface area contributed by atoms with Crippen molar-refractivity contribution in [2.24, 2.45) is 0 Å². The molecule has 1 aliphatic rings. The number of aliphatic hydroxyl groups excluding tert-OH is 1. The first-order chi connectivity index (χ1) is 14.2. The average molecular weight is 495 g/mol. The van der Waals surface area contributed by atoms with Crippen molar-refractivity contribution in [3.8, 4) is 5.75 Å². The van der Waals surface area contributed by atoms with E-state index < -0.39 is 32.7 Å². The van der Waals surface area contributed by atoms with Gasteiger partial charge in [-0.05, 0) is 37.1 Å². The predicted octanol–water partition coefficient (Wildman–Crippen LogP) is 4.14. The molecule has 3 rings (SSSR count). The van der Waals surface area contributed by atoms with Crippen molar-refractivity contribution in [1.29, 1.82) is 0 Å². The van der Waals surface area contributed by atoms with Crippen LogP contribution in [0.25, 0.3) is 0 Å². The van der Waals surface area contributed by atoms with E-state index in [0.29, 0.717) is 12.8 Å². The number of rotatable bonds is 5. The molecule has 1 saturated heterocycles. The largest absolute Gasteiger partial charge is 0.504 e. The molecule has 0 radical (unpaired) electrons. The SMILES string of the molecule is O=C(Nc1ccc(Cl)c(S(=O)(=O)N2CCCC2CO)c1O)Nc1cccc(Cl)c1Cl. The van der Waals surface area contributed by atoms with Gasteiger partial charge in [-0.15, -0.1) is 0 Å². The molecule has 8 nitrogen and oxygen atoms in total. The van der Waals surface area contributed by atoms with E-state index in [9.17, 15) is 23.4 Å². The number of nitrogens with one attached hydrogen (secondary N) is 2. The zero-order chi connectivity index (χ0) is 22.1. The van der Waals surface area contributed by atoms with Crippen LogP contribution in [0.4, 0.5) is 16.2 Å². The van der Waals surface area contributed by atoms with E-state index in [4.69, 9.17) is 34.8 Å². The Kier molecular flexibility index (Phi) is 7.01. The van der Waals surface area contributed by atoms with Gasteiger partial charge in [0.15, 0.2) is 5.75 Å². The van der Waals surface area contributed by atoms with Gasteiger partial charge in [0.25, 0.3) is 0 Å². The zero-order valence-corrected chi connectivity index (χ0v) is 18.5. The first-order valence-electron chi connectivity index (χ1n) is 8.83. The van der Waals surface area contributed by atoms with Gasteiger partial charge in [-0.1, -0.05) is 40.9 Å². The highest BCUT2D eigenvalue weighted by molar-refractivity contribution is 7.89. The van der Waals surface area contributed by atoms with E-state index in [1.165, 1.54) is 18.2 Å². The van der Waals surface area contributed by atoms with Crippen molar-refractivity contribution >= 4 is 62.2 Å². The molecule has 1 heterocycles. The molecule has 1 fully saturated rings. The Morgan fingerprint density at radius 3 is 2.50 bits per heavy atom. The second kappa shape index (κ2) is 9.17. The highest BCUT2D eigenvalue weighted by Crippen LogP contribution is 2.40. The standard InChI is InChI=1S/C18H18Cl3N3O5S/c19-11-4-1-5-13(15(11)21)22-18(27)23-14-7-6-12(20)17(16(14)26)30(28,29)24-8-2-3-10(24)9-25/h1,4-7,10,25-26H,2-3,8-9H2,(H2,22,23,27). The highest BCUT2D eigenvalue weighted by atomic mass is 35.5. The Morgan fingerprint density at radius 1 is 1.10 bits per heavy atom. The number of hydrogen-bond donors (Lipinski definition) is 4. The van der Waals surface area contributed by atoms with Gasteiger partial charge in [-0.2, -0.15) is 4.31 Å². The number of carbonyl (C=O) groups excluding carboxylic acids is 1. The van der Waals surface area contributed by atoms with Gasteiger partial charge < -0.3 is 20.8 Å². The third-order valence-electron chi connectivity index (χ3n) is 4.63. The van der Waals surface area contributed by atoms with Crippen molar-refractivity contribution < 1.29 is 23.4 Å². The quantitative estimate of drug-likeness (QED) is 0.466. The van der Waals surface area contributed by atoms with E-state index in [2.05, 4.69) is 10.6 Å². The average Bonchev–Trinajstić information content (AvgIpc) is 3.17. The van der Waals surface area contributed by atoms with Crippen molar-refractivity contribution in [3.63, 3.8) is 0 Å². The summed E-state index contributed by atoms with van der Waals surface area (Å²) in [5.41, 5.74) is 0.0548. The number of phenolic OH excluding ortho intramolecular Hbond substituents is 1. The Hall–Kier alpha value is -1.75. The molecular weight excluding hydrogens is 477 g/mol. The summed E-state index contributed by atoms with van der Waals surface area (Å²) in [6, 6.07) is 5.79. The lowest BCUT2D eigenvalue weighted by atomic mass is 10.2. The molecule has 12 heteroatoms. The van der Waals surface area contributed by atoms with E-state index in [-0.39, 0.29) is 39.6 Å². The Balaban J connectivity index is 1.89. The molecule has 1 atom stereocenters. The van der Waals surface area contributed by atoms with Crippen molar-refractivity contribution in [1.82, 2.24) is 4.31 Å². The van der Waals surface area contributed by atoms with Gasteiger partial charge in [-0.3, -0.25) is 0 Å². The van der Waals surface area contributed by atoms with Crippen molar-refractivity contribution in [2.45, 2.75) is 23.8 Å². The molecule has 0 bridgehead atoms. The van der Waals surface area contributed by atoms with E-state index in [0.717, 1.165) is 4.31 Å². The number of anilines is 2. The number of aromatic hydroxyl groups is 1. The molecule has 0 aromatic heterocycles. The maximum atomic E-state index is 13.1. The van der Waals surface area contributed by atoms with Crippen molar-refractivity contribution in [2.75, 3.05) is 23.8 Å². The van der Waals surface area contributed by atoms with Crippen LogP contribution < -0.4 is 10.6 Å². The molecule has 2 aromatic rings. The maximum absolute atomic E-state index is 13.1. The summed E-state index contributed by atoms with van der Waals surface area (Å²) in [6.07, 6.45) is 1.07. The van der Waals surface area contributed by atoms with Crippen LogP contribution in [-0.2, 0) is 10.0 Å². The van der Waals surface area contributed by atoms with Crippen LogP contribution >= 0.6 is 34.8 Å².